The number of unbranched alkanes of at least 4 members (excludes halogenated alkanes) is 1. The van der Waals surface area contributed by atoms with Crippen LogP contribution in [0.3, 0.4) is 0 Å². The number of methoxy groups -OCH3 is 1. The summed E-state index contributed by atoms with van der Waals surface area (Å²) in [6.07, 6.45) is 5.72. The van der Waals surface area contributed by atoms with E-state index in [1.165, 1.54) is 5.57 Å². The van der Waals surface area contributed by atoms with Crippen molar-refractivity contribution in [3.8, 4) is 17.2 Å². The molecule has 1 N–H and O–H groups in total. The number of carboxylic acids is 1. The Hall–Kier alpha value is -2.78. The quantitative estimate of drug-likeness (QED) is 0.228. The molecule has 3 unspecified atom stereocenters. The number of quaternary nitrogens is 1. The summed E-state index contributed by atoms with van der Waals surface area (Å²) in [7, 11) is 8.07. The molecule has 1 fully saturated rings. The van der Waals surface area contributed by atoms with Gasteiger partial charge in [-0.1, -0.05) is 38.8 Å². The van der Waals surface area contributed by atoms with E-state index < -0.39 is 11.9 Å². The Balaban J connectivity index is 1.96. The molecule has 0 radical (unpaired) electrons. The minimum Gasteiger partial charge on any atom is -0.493 e. The summed E-state index contributed by atoms with van der Waals surface area (Å²) in [4.78, 5) is 31.0. The molecule has 1 amide bonds. The third-order valence-corrected chi connectivity index (χ3v) is 8.29. The van der Waals surface area contributed by atoms with Crippen LogP contribution in [-0.4, -0.2) is 105 Å². The normalized spacial score (nSPS) is 20.5. The summed E-state index contributed by atoms with van der Waals surface area (Å²) >= 11 is 0. The molecule has 2 aliphatic heterocycles. The summed E-state index contributed by atoms with van der Waals surface area (Å²) in [6, 6.07) is 3.43. The van der Waals surface area contributed by atoms with Gasteiger partial charge in [-0.15, -0.1) is 0 Å². The number of carbonyl (C=O) groups is 2. The molecule has 3 atom stereocenters. The first-order valence-corrected chi connectivity index (χ1v) is 15.3. The fraction of sp³-hybridized carbons (Fsp3) is 0.697. The lowest BCUT2D eigenvalue weighted by atomic mass is 9.77. The van der Waals surface area contributed by atoms with Crippen molar-refractivity contribution in [1.82, 2.24) is 9.80 Å². The van der Waals surface area contributed by atoms with Crippen molar-refractivity contribution < 1.29 is 33.4 Å². The van der Waals surface area contributed by atoms with E-state index in [2.05, 4.69) is 66.7 Å². The number of ether oxygens (including phenoxy) is 3. The van der Waals surface area contributed by atoms with Crippen molar-refractivity contribution >= 4 is 11.9 Å². The van der Waals surface area contributed by atoms with E-state index in [0.717, 1.165) is 42.4 Å². The summed E-state index contributed by atoms with van der Waals surface area (Å²) < 4.78 is 17.7. The van der Waals surface area contributed by atoms with Gasteiger partial charge in [-0.25, -0.2) is 0 Å². The SMILES string of the molecule is CCCCN(CCC[N+](C)(C)C)C(=O)CN1CC(c2cc(OC)c3c(c2)OCO3)C(C(=O)O)C1CC(C)(C)C=C(C)C. The maximum absolute atomic E-state index is 13.9. The number of aliphatic carboxylic acids is 1. The van der Waals surface area contributed by atoms with Gasteiger partial charge in [0.15, 0.2) is 11.5 Å². The number of hydrogen-bond acceptors (Lipinski definition) is 6. The van der Waals surface area contributed by atoms with Crippen molar-refractivity contribution in [3.63, 3.8) is 0 Å². The van der Waals surface area contributed by atoms with Gasteiger partial charge in [0.1, 0.15) is 0 Å². The molecule has 1 aromatic rings. The Morgan fingerprint density at radius 1 is 1.17 bits per heavy atom. The van der Waals surface area contributed by atoms with Crippen molar-refractivity contribution in [2.45, 2.75) is 72.3 Å². The van der Waals surface area contributed by atoms with Crippen molar-refractivity contribution in [2.75, 3.05) is 67.8 Å². The standard InChI is InChI=1S/C33H53N3O6/c1-10-11-13-34(14-12-15-36(6,7)8)29(37)21-35-20-25(24-16-27(40-9)31-28(17-24)41-22-42-31)30(32(38)39)26(35)19-33(4,5)18-23(2)3/h16-18,25-26,30H,10-15,19-22H2,1-9H3/p+1. The van der Waals surface area contributed by atoms with Crippen LogP contribution >= 0.6 is 0 Å². The van der Waals surface area contributed by atoms with Crippen molar-refractivity contribution in [3.05, 3.63) is 29.3 Å². The van der Waals surface area contributed by atoms with Crippen LogP contribution in [0.15, 0.2) is 23.8 Å². The topological polar surface area (TPSA) is 88.5 Å². The highest BCUT2D eigenvalue weighted by Crippen LogP contribution is 2.48. The molecule has 3 rings (SSSR count). The highest BCUT2D eigenvalue weighted by atomic mass is 16.7. The second-order valence-corrected chi connectivity index (χ2v) is 13.9. The monoisotopic (exact) mass is 588 g/mol. The van der Waals surface area contributed by atoms with E-state index in [0.29, 0.717) is 36.8 Å². The zero-order valence-electron chi connectivity index (χ0n) is 27.4. The second kappa shape index (κ2) is 14.1. The second-order valence-electron chi connectivity index (χ2n) is 13.9. The van der Waals surface area contributed by atoms with E-state index >= 15 is 0 Å². The number of carboxylic acid groups (broad SMARTS) is 1. The van der Waals surface area contributed by atoms with Gasteiger partial charge in [0.25, 0.3) is 0 Å². The molecular weight excluding hydrogens is 534 g/mol. The third-order valence-electron chi connectivity index (χ3n) is 8.29. The van der Waals surface area contributed by atoms with Crippen LogP contribution in [0, 0.1) is 11.3 Å². The molecule has 1 saturated heterocycles. The number of hydrogen-bond donors (Lipinski definition) is 1. The van der Waals surface area contributed by atoms with Crippen LogP contribution in [0.1, 0.15) is 71.8 Å². The molecule has 0 saturated carbocycles. The van der Waals surface area contributed by atoms with E-state index in [9.17, 15) is 14.7 Å². The Kier molecular flexibility index (Phi) is 11.3. The van der Waals surface area contributed by atoms with Crippen LogP contribution in [-0.2, 0) is 9.59 Å². The molecule has 0 aliphatic carbocycles. The minimum atomic E-state index is -0.852. The number of carbonyl (C=O) groups excluding carboxylic acids is 1. The molecule has 9 heteroatoms. The predicted octanol–water partition coefficient (Wildman–Crippen LogP) is 5.00. The average Bonchev–Trinajstić information content (AvgIpc) is 3.48. The Labute approximate surface area is 253 Å². The van der Waals surface area contributed by atoms with E-state index in [1.807, 2.05) is 17.0 Å². The molecule has 1 aromatic carbocycles. The molecular formula is C33H54N3O6+. The first-order valence-electron chi connectivity index (χ1n) is 15.3. The fourth-order valence-electron chi connectivity index (χ4n) is 6.55. The number of amides is 1. The zero-order chi connectivity index (χ0) is 31.2. The van der Waals surface area contributed by atoms with Crippen molar-refractivity contribution in [2.24, 2.45) is 11.3 Å². The molecule has 236 valence electrons. The van der Waals surface area contributed by atoms with Gasteiger partial charge in [0.2, 0.25) is 18.4 Å². The summed E-state index contributed by atoms with van der Waals surface area (Å²) in [5.74, 6) is -0.183. The molecule has 0 aromatic heterocycles. The maximum Gasteiger partial charge on any atom is 0.308 e. The van der Waals surface area contributed by atoms with Crippen LogP contribution in [0.5, 0.6) is 17.2 Å². The van der Waals surface area contributed by atoms with Gasteiger partial charge in [-0.05, 0) is 49.8 Å². The maximum atomic E-state index is 13.9. The lowest BCUT2D eigenvalue weighted by molar-refractivity contribution is -0.870. The van der Waals surface area contributed by atoms with Gasteiger partial charge < -0.3 is 28.7 Å². The first kappa shape index (κ1) is 33.7. The summed E-state index contributed by atoms with van der Waals surface area (Å²) in [5, 5.41) is 10.7. The molecule has 0 bridgehead atoms. The van der Waals surface area contributed by atoms with E-state index in [1.54, 1.807) is 7.11 Å². The van der Waals surface area contributed by atoms with Crippen LogP contribution in [0.4, 0.5) is 0 Å². The zero-order valence-corrected chi connectivity index (χ0v) is 27.4. The Morgan fingerprint density at radius 3 is 2.45 bits per heavy atom. The molecule has 9 nitrogen and oxygen atoms in total. The number of allylic oxidation sites excluding steroid dienone is 2. The molecule has 2 heterocycles. The Morgan fingerprint density at radius 2 is 1.86 bits per heavy atom. The van der Waals surface area contributed by atoms with Crippen molar-refractivity contribution in [1.29, 1.82) is 0 Å². The number of fused-ring (bicyclic) bond motifs is 1. The number of benzene rings is 1. The molecule has 0 spiro atoms. The highest BCUT2D eigenvalue weighted by molar-refractivity contribution is 5.79. The number of likely N-dealkylation sites (tertiary alicyclic amines) is 1. The van der Waals surface area contributed by atoms with Crippen LogP contribution in [0.25, 0.3) is 0 Å². The van der Waals surface area contributed by atoms with E-state index in [4.69, 9.17) is 14.2 Å². The van der Waals surface area contributed by atoms with Crippen LogP contribution in [0.2, 0.25) is 0 Å². The smallest absolute Gasteiger partial charge is 0.308 e. The van der Waals surface area contributed by atoms with Gasteiger partial charge in [0.05, 0.1) is 47.3 Å². The van der Waals surface area contributed by atoms with Gasteiger partial charge in [-0.2, -0.15) is 0 Å². The fourth-order valence-corrected chi connectivity index (χ4v) is 6.55. The number of nitrogens with zero attached hydrogens (tertiary/aromatic N) is 3. The van der Waals surface area contributed by atoms with Gasteiger partial charge in [0, 0.05) is 38.0 Å². The Bertz CT molecular complexity index is 1120. The largest absolute Gasteiger partial charge is 0.493 e. The predicted molar refractivity (Wildman–Crippen MR) is 165 cm³/mol. The number of rotatable bonds is 15. The third kappa shape index (κ3) is 8.86. The highest BCUT2D eigenvalue weighted by Gasteiger charge is 2.49. The lowest BCUT2D eigenvalue weighted by Crippen LogP contribution is -2.46. The van der Waals surface area contributed by atoms with Gasteiger partial charge >= 0.3 is 5.97 Å². The lowest BCUT2D eigenvalue weighted by Gasteiger charge is -2.34. The minimum absolute atomic E-state index is 0.0722. The molecule has 42 heavy (non-hydrogen) atoms. The van der Waals surface area contributed by atoms with Crippen LogP contribution < -0.4 is 14.2 Å². The first-order chi connectivity index (χ1) is 19.7. The van der Waals surface area contributed by atoms with Gasteiger partial charge in [-0.3, -0.25) is 14.5 Å². The molecule has 2 aliphatic rings. The van der Waals surface area contributed by atoms with E-state index in [-0.39, 0.29) is 36.6 Å². The average molecular weight is 589 g/mol. The summed E-state index contributed by atoms with van der Waals surface area (Å²) in [5.41, 5.74) is 1.77. The summed E-state index contributed by atoms with van der Waals surface area (Å²) in [6.45, 7) is 13.7.